The molecule has 2 aliphatic heterocycles. The second kappa shape index (κ2) is 5.08. The van der Waals surface area contributed by atoms with E-state index in [1.807, 2.05) is 6.92 Å². The highest BCUT2D eigenvalue weighted by atomic mass is 19.1. The van der Waals surface area contributed by atoms with Gasteiger partial charge in [-0.3, -0.25) is 14.3 Å². The lowest BCUT2D eigenvalue weighted by Crippen LogP contribution is -2.41. The average Bonchev–Trinajstić information content (AvgIpc) is 3.11. The van der Waals surface area contributed by atoms with Crippen molar-refractivity contribution in [3.8, 4) is 0 Å². The summed E-state index contributed by atoms with van der Waals surface area (Å²) in [6.45, 7) is 3.39. The summed E-state index contributed by atoms with van der Waals surface area (Å²) in [5, 5.41) is 2.64. The number of cyclic esters (lactones) is 1. The van der Waals surface area contributed by atoms with Crippen molar-refractivity contribution < 1.29 is 23.1 Å². The maximum Gasteiger partial charge on any atom is 0.419 e. The van der Waals surface area contributed by atoms with Gasteiger partial charge >= 0.3 is 11.8 Å². The van der Waals surface area contributed by atoms with E-state index in [0.717, 1.165) is 4.57 Å². The van der Waals surface area contributed by atoms with Gasteiger partial charge in [-0.25, -0.2) is 14.0 Å². The number of halogens is 1. The number of rotatable bonds is 2. The number of aromatic nitrogens is 1. The van der Waals surface area contributed by atoms with Gasteiger partial charge in [0.05, 0.1) is 18.3 Å². The molecule has 4 rings (SSSR count). The molecule has 2 amide bonds. The topological polar surface area (TPSA) is 93.8 Å². The van der Waals surface area contributed by atoms with Crippen LogP contribution in [0, 0.1) is 5.82 Å². The van der Waals surface area contributed by atoms with Crippen LogP contribution in [0.15, 0.2) is 15.3 Å². The number of carbonyl (C=O) groups excluding carboxylic acids is 2. The zero-order chi connectivity index (χ0) is 18.0. The molecule has 2 aromatic rings. The van der Waals surface area contributed by atoms with Gasteiger partial charge in [0.2, 0.25) is 5.91 Å². The minimum absolute atomic E-state index is 0.0727. The van der Waals surface area contributed by atoms with E-state index < -0.39 is 29.8 Å². The van der Waals surface area contributed by atoms with Gasteiger partial charge in [-0.1, -0.05) is 6.92 Å². The van der Waals surface area contributed by atoms with Crippen LogP contribution in [-0.4, -0.2) is 35.3 Å². The molecule has 1 N–H and O–H groups in total. The molecule has 3 atom stereocenters. The molecule has 0 radical (unpaired) electrons. The molecule has 25 heavy (non-hydrogen) atoms. The standard InChI is InChI=1S/C16H16FN3O5/c1-6-11-9(4-8(17)13-14(11)25-15(22)19(13)3)20-12(6)10(24-16(20)23)5-18-7(2)21/h4,6,10,12H,5H2,1-3H3,(H,18,21)/t6?,10-,12-/m0/s1. The maximum absolute atomic E-state index is 14.5. The van der Waals surface area contributed by atoms with Crippen molar-refractivity contribution in [2.75, 3.05) is 11.4 Å². The SMILES string of the molecule is CC(=O)NC[C@@H]1OC(=O)N2c3cc(F)c4c(oc(=O)n4C)c3C(C)[C@@H]12. The summed E-state index contributed by atoms with van der Waals surface area (Å²) >= 11 is 0. The Bertz CT molecular complexity index is 978. The number of benzene rings is 1. The van der Waals surface area contributed by atoms with Crippen molar-refractivity contribution >= 4 is 28.8 Å². The second-order valence-electron chi connectivity index (χ2n) is 6.40. The van der Waals surface area contributed by atoms with Gasteiger partial charge in [0.15, 0.2) is 11.4 Å². The van der Waals surface area contributed by atoms with Crippen molar-refractivity contribution in [3.63, 3.8) is 0 Å². The zero-order valence-corrected chi connectivity index (χ0v) is 13.8. The molecule has 8 nitrogen and oxygen atoms in total. The van der Waals surface area contributed by atoms with Gasteiger partial charge in [-0.2, -0.15) is 0 Å². The van der Waals surface area contributed by atoms with Gasteiger partial charge < -0.3 is 14.5 Å². The van der Waals surface area contributed by atoms with E-state index in [4.69, 9.17) is 9.15 Å². The molecule has 0 aliphatic carbocycles. The van der Waals surface area contributed by atoms with Crippen molar-refractivity contribution in [3.05, 3.63) is 28.0 Å². The van der Waals surface area contributed by atoms with E-state index in [9.17, 15) is 18.8 Å². The highest BCUT2D eigenvalue weighted by molar-refractivity contribution is 5.99. The number of aryl methyl sites for hydroxylation is 1. The number of ether oxygens (including phenoxy) is 1. The van der Waals surface area contributed by atoms with Crippen LogP contribution in [0.3, 0.4) is 0 Å². The summed E-state index contributed by atoms with van der Waals surface area (Å²) in [5.74, 6) is -1.80. The van der Waals surface area contributed by atoms with E-state index >= 15 is 0 Å². The first-order chi connectivity index (χ1) is 11.8. The predicted molar refractivity (Wildman–Crippen MR) is 85.0 cm³/mol. The molecule has 1 aromatic carbocycles. The fourth-order valence-corrected chi connectivity index (χ4v) is 3.85. The Morgan fingerprint density at radius 1 is 1.40 bits per heavy atom. The predicted octanol–water partition coefficient (Wildman–Crippen LogP) is 1.22. The molecule has 9 heteroatoms. The third-order valence-corrected chi connectivity index (χ3v) is 4.93. The average molecular weight is 349 g/mol. The molecule has 0 spiro atoms. The Balaban J connectivity index is 1.86. The first-order valence-electron chi connectivity index (χ1n) is 7.87. The molecule has 2 aliphatic rings. The van der Waals surface area contributed by atoms with Gasteiger partial charge in [0, 0.05) is 31.5 Å². The highest BCUT2D eigenvalue weighted by Crippen LogP contribution is 2.49. The van der Waals surface area contributed by atoms with Gasteiger partial charge in [0.25, 0.3) is 0 Å². The summed E-state index contributed by atoms with van der Waals surface area (Å²) in [5.41, 5.74) is 1.16. The number of nitrogens with zero attached hydrogens (tertiary/aromatic N) is 2. The van der Waals surface area contributed by atoms with Crippen molar-refractivity contribution in [1.29, 1.82) is 0 Å². The Hall–Kier alpha value is -2.84. The van der Waals surface area contributed by atoms with Crippen LogP contribution in [0.2, 0.25) is 0 Å². The van der Waals surface area contributed by atoms with Gasteiger partial charge in [-0.05, 0) is 0 Å². The largest absolute Gasteiger partial charge is 0.442 e. The molecule has 0 saturated carbocycles. The Labute approximate surface area is 141 Å². The van der Waals surface area contributed by atoms with E-state index in [1.165, 1.54) is 24.9 Å². The number of amides is 2. The monoisotopic (exact) mass is 349 g/mol. The minimum atomic E-state index is -0.668. The Morgan fingerprint density at radius 2 is 2.12 bits per heavy atom. The van der Waals surface area contributed by atoms with E-state index in [-0.39, 0.29) is 29.5 Å². The molecular weight excluding hydrogens is 333 g/mol. The van der Waals surface area contributed by atoms with Crippen LogP contribution in [0.5, 0.6) is 0 Å². The lowest BCUT2D eigenvalue weighted by Gasteiger charge is -2.20. The first kappa shape index (κ1) is 15.7. The second-order valence-corrected chi connectivity index (χ2v) is 6.40. The molecule has 1 fully saturated rings. The van der Waals surface area contributed by atoms with Crippen molar-refractivity contribution in [1.82, 2.24) is 9.88 Å². The smallest absolute Gasteiger partial charge is 0.419 e. The quantitative estimate of drug-likeness (QED) is 0.880. The number of nitrogens with one attached hydrogen (secondary N) is 1. The third kappa shape index (κ3) is 2.01. The van der Waals surface area contributed by atoms with E-state index in [0.29, 0.717) is 11.3 Å². The summed E-state index contributed by atoms with van der Waals surface area (Å²) in [4.78, 5) is 36.7. The maximum atomic E-state index is 14.5. The molecule has 1 saturated heterocycles. The summed E-state index contributed by atoms with van der Waals surface area (Å²) < 4.78 is 26.2. The lowest BCUT2D eigenvalue weighted by atomic mass is 9.93. The molecular formula is C16H16FN3O5. The highest BCUT2D eigenvalue weighted by Gasteiger charge is 2.53. The van der Waals surface area contributed by atoms with Crippen molar-refractivity contribution in [2.24, 2.45) is 7.05 Å². The number of fused-ring (bicyclic) bond motifs is 5. The first-order valence-corrected chi connectivity index (χ1v) is 7.87. The molecule has 1 unspecified atom stereocenters. The fourth-order valence-electron chi connectivity index (χ4n) is 3.85. The van der Waals surface area contributed by atoms with Crippen LogP contribution in [-0.2, 0) is 16.6 Å². The number of carbonyl (C=O) groups is 2. The summed E-state index contributed by atoms with van der Waals surface area (Å²) in [6, 6.07) is 0.815. The Morgan fingerprint density at radius 3 is 2.80 bits per heavy atom. The fraction of sp³-hybridized carbons (Fsp3) is 0.438. The van der Waals surface area contributed by atoms with Crippen LogP contribution in [0.1, 0.15) is 25.3 Å². The van der Waals surface area contributed by atoms with E-state index in [2.05, 4.69) is 5.32 Å². The van der Waals surface area contributed by atoms with Gasteiger partial charge in [0.1, 0.15) is 11.6 Å². The van der Waals surface area contributed by atoms with Gasteiger partial charge in [-0.15, -0.1) is 0 Å². The summed E-state index contributed by atoms with van der Waals surface area (Å²) in [7, 11) is 1.43. The zero-order valence-electron chi connectivity index (χ0n) is 13.8. The van der Waals surface area contributed by atoms with Crippen LogP contribution in [0.4, 0.5) is 14.9 Å². The van der Waals surface area contributed by atoms with E-state index in [1.54, 1.807) is 0 Å². The normalized spacial score (nSPS) is 24.4. The number of hydrogen-bond acceptors (Lipinski definition) is 5. The molecule has 132 valence electrons. The number of anilines is 1. The number of hydrogen-bond donors (Lipinski definition) is 1. The van der Waals surface area contributed by atoms with Crippen LogP contribution in [0.25, 0.3) is 11.1 Å². The lowest BCUT2D eigenvalue weighted by molar-refractivity contribution is -0.119. The number of oxazole rings is 1. The van der Waals surface area contributed by atoms with Crippen molar-refractivity contribution in [2.45, 2.75) is 31.9 Å². The minimum Gasteiger partial charge on any atom is -0.442 e. The Kier molecular flexibility index (Phi) is 3.18. The molecule has 1 aromatic heterocycles. The third-order valence-electron chi connectivity index (χ3n) is 4.93. The van der Waals surface area contributed by atoms with Crippen LogP contribution < -0.4 is 16.0 Å². The summed E-state index contributed by atoms with van der Waals surface area (Å²) in [6.07, 6.45) is -1.18. The molecule has 0 bridgehead atoms. The molecule has 3 heterocycles. The van der Waals surface area contributed by atoms with Crippen LogP contribution >= 0.6 is 0 Å².